The van der Waals surface area contributed by atoms with Crippen molar-refractivity contribution in [3.63, 3.8) is 0 Å². The van der Waals surface area contributed by atoms with Crippen LogP contribution in [0, 0.1) is 5.82 Å². The van der Waals surface area contributed by atoms with Gasteiger partial charge in [-0.2, -0.15) is 0 Å². The Labute approximate surface area is 118 Å². The lowest BCUT2D eigenvalue weighted by Crippen LogP contribution is -2.17. The normalized spacial score (nSPS) is 10.9. The molecule has 2 rings (SSSR count). The van der Waals surface area contributed by atoms with Crippen molar-refractivity contribution in [2.75, 3.05) is 6.54 Å². The number of hydrogen-bond acceptors (Lipinski definition) is 1. The van der Waals surface area contributed by atoms with Gasteiger partial charge in [0.15, 0.2) is 0 Å². The lowest BCUT2D eigenvalue weighted by Gasteiger charge is -2.11. The van der Waals surface area contributed by atoms with Gasteiger partial charge in [0.05, 0.1) is 11.6 Å². The second kappa shape index (κ2) is 6.73. The molecule has 0 aliphatic carbocycles. The van der Waals surface area contributed by atoms with Crippen LogP contribution in [-0.4, -0.2) is 11.1 Å². The maximum Gasteiger partial charge on any atom is 0.146 e. The summed E-state index contributed by atoms with van der Waals surface area (Å²) in [4.78, 5) is 0. The fourth-order valence-electron chi connectivity index (χ4n) is 2.01. The third-order valence-corrected chi connectivity index (χ3v) is 3.32. The predicted molar refractivity (Wildman–Crippen MR) is 76.9 cm³/mol. The molecule has 102 valence electrons. The summed E-state index contributed by atoms with van der Waals surface area (Å²) in [6, 6.07) is 9.14. The summed E-state index contributed by atoms with van der Waals surface area (Å²) in [5.74, 6) is -0.328. The Balaban J connectivity index is 2.11. The highest BCUT2D eigenvalue weighted by Gasteiger charge is 2.08. The molecule has 0 aliphatic rings. The first-order valence-electron chi connectivity index (χ1n) is 6.50. The zero-order valence-electron chi connectivity index (χ0n) is 11.0. The van der Waals surface area contributed by atoms with Crippen LogP contribution in [0.25, 0.3) is 0 Å². The lowest BCUT2D eigenvalue weighted by molar-refractivity contribution is 0.587. The minimum atomic E-state index is -0.328. The molecule has 19 heavy (non-hydrogen) atoms. The molecule has 0 radical (unpaired) electrons. The Bertz CT molecular complexity index is 537. The number of aromatic nitrogens is 1. The molecular weight excluding hydrogens is 263 g/mol. The Morgan fingerprint density at radius 3 is 2.89 bits per heavy atom. The molecule has 0 amide bonds. The van der Waals surface area contributed by atoms with Crippen LogP contribution in [0.15, 0.2) is 36.5 Å². The van der Waals surface area contributed by atoms with Crippen molar-refractivity contribution >= 4 is 11.6 Å². The van der Waals surface area contributed by atoms with Crippen LogP contribution in [0.2, 0.25) is 5.02 Å². The van der Waals surface area contributed by atoms with Crippen LogP contribution >= 0.6 is 11.6 Å². The number of nitrogens with zero attached hydrogens (tertiary/aromatic N) is 1. The molecule has 1 aromatic heterocycles. The first-order chi connectivity index (χ1) is 9.22. The lowest BCUT2D eigenvalue weighted by atomic mass is 10.2. The largest absolute Gasteiger partial charge is 0.346 e. The Morgan fingerprint density at radius 1 is 1.26 bits per heavy atom. The maximum atomic E-state index is 13.9. The van der Waals surface area contributed by atoms with Gasteiger partial charge in [0, 0.05) is 24.0 Å². The monoisotopic (exact) mass is 280 g/mol. The zero-order chi connectivity index (χ0) is 13.7. The summed E-state index contributed by atoms with van der Waals surface area (Å²) >= 11 is 5.80. The third-order valence-electron chi connectivity index (χ3n) is 3.03. The van der Waals surface area contributed by atoms with Crippen molar-refractivity contribution in [3.05, 3.63) is 58.6 Å². The number of nitrogens with one attached hydrogen (secondary N) is 1. The number of benzene rings is 1. The fourth-order valence-corrected chi connectivity index (χ4v) is 2.21. The smallest absolute Gasteiger partial charge is 0.146 e. The van der Waals surface area contributed by atoms with E-state index in [1.165, 1.54) is 0 Å². The first kappa shape index (κ1) is 14.1. The average molecular weight is 281 g/mol. The summed E-state index contributed by atoms with van der Waals surface area (Å²) in [5.41, 5.74) is 1.76. The average Bonchev–Trinajstić information content (AvgIpc) is 2.83. The van der Waals surface area contributed by atoms with E-state index in [1.54, 1.807) is 18.2 Å². The van der Waals surface area contributed by atoms with Gasteiger partial charge >= 0.3 is 0 Å². The molecule has 1 heterocycles. The highest BCUT2D eigenvalue weighted by atomic mass is 35.5. The molecule has 0 saturated carbocycles. The second-order valence-corrected chi connectivity index (χ2v) is 4.92. The minimum Gasteiger partial charge on any atom is -0.346 e. The molecule has 1 N–H and O–H groups in total. The molecule has 0 bridgehead atoms. The van der Waals surface area contributed by atoms with Crippen LogP contribution in [-0.2, 0) is 13.1 Å². The molecule has 0 fully saturated rings. The Hall–Kier alpha value is -1.32. The van der Waals surface area contributed by atoms with E-state index in [0.717, 1.165) is 25.2 Å². The van der Waals surface area contributed by atoms with Crippen LogP contribution in [0.1, 0.15) is 24.6 Å². The molecule has 2 nitrogen and oxygen atoms in total. The van der Waals surface area contributed by atoms with Gasteiger partial charge in [-0.15, -0.1) is 0 Å². The molecular formula is C15H18ClFN2. The summed E-state index contributed by atoms with van der Waals surface area (Å²) in [6.07, 6.45) is 3.06. The summed E-state index contributed by atoms with van der Waals surface area (Å²) in [6.45, 7) is 4.41. The third kappa shape index (κ3) is 3.58. The molecule has 0 unspecified atom stereocenters. The minimum absolute atomic E-state index is 0.176. The van der Waals surface area contributed by atoms with Crippen molar-refractivity contribution in [3.8, 4) is 0 Å². The van der Waals surface area contributed by atoms with E-state index in [4.69, 9.17) is 11.6 Å². The van der Waals surface area contributed by atoms with Crippen molar-refractivity contribution in [1.29, 1.82) is 0 Å². The maximum absolute atomic E-state index is 13.9. The van der Waals surface area contributed by atoms with E-state index in [9.17, 15) is 4.39 Å². The number of hydrogen-bond donors (Lipinski definition) is 1. The van der Waals surface area contributed by atoms with E-state index in [1.807, 2.05) is 22.9 Å². The number of rotatable bonds is 6. The van der Waals surface area contributed by atoms with Crippen LogP contribution in [0.3, 0.4) is 0 Å². The second-order valence-electron chi connectivity index (χ2n) is 4.52. The SMILES string of the molecule is CCCNCc1cccn1Cc1cccc(Cl)c1F. The van der Waals surface area contributed by atoms with Crippen molar-refractivity contribution in [2.24, 2.45) is 0 Å². The van der Waals surface area contributed by atoms with Crippen molar-refractivity contribution in [2.45, 2.75) is 26.4 Å². The van der Waals surface area contributed by atoms with Crippen LogP contribution in [0.5, 0.6) is 0 Å². The Kier molecular flexibility index (Phi) is 5.00. The zero-order valence-corrected chi connectivity index (χ0v) is 11.8. The van der Waals surface area contributed by atoms with Gasteiger partial charge in [-0.25, -0.2) is 4.39 Å². The molecule has 1 aromatic carbocycles. The fraction of sp³-hybridized carbons (Fsp3) is 0.333. The van der Waals surface area contributed by atoms with Crippen molar-refractivity contribution < 1.29 is 4.39 Å². The molecule has 2 aromatic rings. The standard InChI is InChI=1S/C15H18ClFN2/c1-2-8-18-10-13-6-4-9-19(13)11-12-5-3-7-14(16)15(12)17/h3-7,9,18H,2,8,10-11H2,1H3. The van der Waals surface area contributed by atoms with Gasteiger partial charge in [0.2, 0.25) is 0 Å². The predicted octanol–water partition coefficient (Wildman–Crippen LogP) is 3.83. The molecule has 0 aliphatic heterocycles. The highest BCUT2D eigenvalue weighted by Crippen LogP contribution is 2.19. The van der Waals surface area contributed by atoms with Crippen LogP contribution in [0.4, 0.5) is 4.39 Å². The van der Waals surface area contributed by atoms with Gasteiger partial charge in [-0.05, 0) is 31.2 Å². The molecule has 0 spiro atoms. The quantitative estimate of drug-likeness (QED) is 0.796. The Morgan fingerprint density at radius 2 is 2.11 bits per heavy atom. The molecule has 0 saturated heterocycles. The van der Waals surface area contributed by atoms with E-state index in [2.05, 4.69) is 12.2 Å². The number of halogens is 2. The molecule has 0 atom stereocenters. The van der Waals surface area contributed by atoms with E-state index < -0.39 is 0 Å². The van der Waals surface area contributed by atoms with Crippen molar-refractivity contribution in [1.82, 2.24) is 9.88 Å². The van der Waals surface area contributed by atoms with E-state index in [0.29, 0.717) is 12.1 Å². The molecule has 4 heteroatoms. The van der Waals surface area contributed by atoms with Crippen LogP contribution < -0.4 is 5.32 Å². The van der Waals surface area contributed by atoms with Gasteiger partial charge in [0.1, 0.15) is 5.82 Å². The van der Waals surface area contributed by atoms with Gasteiger partial charge in [0.25, 0.3) is 0 Å². The highest BCUT2D eigenvalue weighted by molar-refractivity contribution is 6.30. The summed E-state index contributed by atoms with van der Waals surface area (Å²) in [5, 5.41) is 3.53. The van der Waals surface area contributed by atoms with E-state index >= 15 is 0 Å². The van der Waals surface area contributed by atoms with Gasteiger partial charge < -0.3 is 9.88 Å². The van der Waals surface area contributed by atoms with Gasteiger partial charge in [-0.1, -0.05) is 30.7 Å². The van der Waals surface area contributed by atoms with E-state index in [-0.39, 0.29) is 10.8 Å². The topological polar surface area (TPSA) is 17.0 Å². The van der Waals surface area contributed by atoms with Gasteiger partial charge in [-0.3, -0.25) is 0 Å². The summed E-state index contributed by atoms with van der Waals surface area (Å²) < 4.78 is 15.9. The first-order valence-corrected chi connectivity index (χ1v) is 6.87. The summed E-state index contributed by atoms with van der Waals surface area (Å²) in [7, 11) is 0.